The Labute approximate surface area is 35.9 Å². The van der Waals surface area contributed by atoms with Gasteiger partial charge in [-0.25, -0.2) is 0 Å². The van der Waals surface area contributed by atoms with Crippen molar-refractivity contribution in [2.24, 2.45) is 0 Å². The number of aliphatic hydroxyl groups is 3. The highest BCUT2D eigenvalue weighted by Gasteiger charge is 1.93. The molecule has 38 valence electrons. The molecule has 0 aromatic carbocycles. The summed E-state index contributed by atoms with van der Waals surface area (Å²) in [4.78, 5) is 0. The molecule has 0 aromatic rings. The minimum absolute atomic E-state index is 0.365. The molecule has 0 saturated carbocycles. The van der Waals surface area contributed by atoms with Crippen LogP contribution in [0.5, 0.6) is 0 Å². The van der Waals surface area contributed by atoms with Gasteiger partial charge in [-0.15, -0.1) is 0 Å². The Morgan fingerprint density at radius 1 is 1.17 bits per heavy atom. The van der Waals surface area contributed by atoms with Gasteiger partial charge in [0, 0.05) is 0 Å². The van der Waals surface area contributed by atoms with Crippen molar-refractivity contribution in [2.45, 2.75) is 6.10 Å². The highest BCUT2D eigenvalue weighted by molar-refractivity contribution is 4.43. The summed E-state index contributed by atoms with van der Waals surface area (Å²) in [5, 5.41) is 24.0. The second-order valence-corrected chi connectivity index (χ2v) is 1.02. The van der Waals surface area contributed by atoms with Gasteiger partial charge in [-0.2, -0.15) is 0 Å². The van der Waals surface area contributed by atoms with E-state index in [4.69, 9.17) is 15.3 Å². The van der Waals surface area contributed by atoms with Gasteiger partial charge in [-0.1, -0.05) is 0 Å². The van der Waals surface area contributed by atoms with E-state index in [1.807, 2.05) is 0 Å². The third kappa shape index (κ3) is 2.14. The van der Waals surface area contributed by atoms with E-state index in [1.54, 1.807) is 0 Å². The van der Waals surface area contributed by atoms with Gasteiger partial charge in [-0.05, 0) is 0 Å². The number of hydrogen-bond acceptors (Lipinski definition) is 3. The van der Waals surface area contributed by atoms with Crippen molar-refractivity contribution in [1.29, 1.82) is 0 Å². The van der Waals surface area contributed by atoms with E-state index in [1.165, 1.54) is 0 Å². The Bertz CT molecular complexity index is 25.2. The third-order valence-electron chi connectivity index (χ3n) is 0.421. The Hall–Kier alpha value is -0.120. The van der Waals surface area contributed by atoms with Crippen LogP contribution < -0.4 is 0 Å². The minimum Gasteiger partial charge on any atom is -0.394 e. The van der Waals surface area contributed by atoms with E-state index < -0.39 is 6.10 Å². The van der Waals surface area contributed by atoms with Crippen LogP contribution in [0.25, 0.3) is 0 Å². The van der Waals surface area contributed by atoms with E-state index in [0.717, 1.165) is 0 Å². The van der Waals surface area contributed by atoms with Crippen LogP contribution in [0, 0.1) is 0 Å². The molecule has 0 amide bonds. The van der Waals surface area contributed by atoms with Crippen LogP contribution in [-0.4, -0.2) is 34.6 Å². The number of hydrogen-bond donors (Lipinski definition) is 3. The first-order valence-corrected chi connectivity index (χ1v) is 1.71. The maximum absolute atomic E-state index is 8.17. The molecule has 0 spiro atoms. The van der Waals surface area contributed by atoms with Crippen molar-refractivity contribution >= 4 is 0 Å². The Morgan fingerprint density at radius 3 is 1.50 bits per heavy atom. The smallest absolute Gasteiger partial charge is 0.100 e. The highest BCUT2D eigenvalue weighted by atomic mass is 16.5. The van der Waals surface area contributed by atoms with Crippen molar-refractivity contribution in [3.8, 4) is 0 Å². The molecule has 0 aliphatic heterocycles. The molecule has 0 fully saturated rings. The molecule has 0 saturated heterocycles. The van der Waals surface area contributed by atoms with Crippen LogP contribution in [0.2, 0.25) is 0 Å². The molecule has 1 atom stereocenters. The van der Waals surface area contributed by atoms with Crippen LogP contribution in [-0.2, 0) is 0 Å². The van der Waals surface area contributed by atoms with Gasteiger partial charge in [0.25, 0.3) is 0 Å². The molecule has 0 radical (unpaired) electrons. The van der Waals surface area contributed by atoms with Crippen LogP contribution in [0.1, 0.15) is 0 Å². The average molecular weight is 94.1 g/mol. The second-order valence-electron chi connectivity index (χ2n) is 1.02. The standard InChI is InChI=1S/C3H8O3/c4-1-3(6)2-5/h3-6H,1-2H2/i1+1,3+1/t3-/m1/s1. The lowest BCUT2D eigenvalue weighted by Crippen LogP contribution is -2.15. The first-order valence-electron chi connectivity index (χ1n) is 1.71. The lowest BCUT2D eigenvalue weighted by Gasteiger charge is -1.96. The molecule has 3 heteroatoms. The zero-order chi connectivity index (χ0) is 4.99. The summed E-state index contributed by atoms with van der Waals surface area (Å²) in [6.45, 7) is -0.729. The molecule has 0 heterocycles. The molecule has 0 rings (SSSR count). The molecule has 0 unspecified atom stereocenters. The van der Waals surface area contributed by atoms with Crippen molar-refractivity contribution < 1.29 is 15.3 Å². The fourth-order valence-corrected chi connectivity index (χ4v) is 0.0577. The fraction of sp³-hybridized carbons (Fsp3) is 1.00. The van der Waals surface area contributed by atoms with Gasteiger partial charge in [-0.3, -0.25) is 0 Å². The fourth-order valence-electron chi connectivity index (χ4n) is 0.0577. The third-order valence-corrected chi connectivity index (χ3v) is 0.421. The zero-order valence-electron chi connectivity index (χ0n) is 3.33. The first-order chi connectivity index (χ1) is 2.81. The van der Waals surface area contributed by atoms with Gasteiger partial charge in [0.05, 0.1) is 13.2 Å². The summed E-state index contributed by atoms with van der Waals surface area (Å²) in [5.41, 5.74) is 0. The van der Waals surface area contributed by atoms with E-state index in [0.29, 0.717) is 0 Å². The zero-order valence-corrected chi connectivity index (χ0v) is 3.33. The molecular formula is C3H8O3. The molecule has 0 aliphatic rings. The van der Waals surface area contributed by atoms with Crippen LogP contribution in [0.4, 0.5) is 0 Å². The maximum atomic E-state index is 8.17. The predicted molar refractivity (Wildman–Crippen MR) is 20.2 cm³/mol. The highest BCUT2D eigenvalue weighted by Crippen LogP contribution is 1.71. The van der Waals surface area contributed by atoms with Gasteiger partial charge >= 0.3 is 0 Å². The number of aliphatic hydroxyl groups excluding tert-OH is 3. The normalized spacial score (nSPS) is 14.5. The second kappa shape index (κ2) is 3.08. The van der Waals surface area contributed by atoms with Crippen LogP contribution in [0.3, 0.4) is 0 Å². The average Bonchev–Trinajstić information content (AvgIpc) is 1.65. The van der Waals surface area contributed by atoms with Crippen molar-refractivity contribution in [3.05, 3.63) is 0 Å². The Balaban J connectivity index is 2.75. The van der Waals surface area contributed by atoms with E-state index >= 15 is 0 Å². The largest absolute Gasteiger partial charge is 0.394 e. The monoisotopic (exact) mass is 94.1 g/mol. The van der Waals surface area contributed by atoms with Crippen molar-refractivity contribution in [3.63, 3.8) is 0 Å². The molecule has 3 N–H and O–H groups in total. The topological polar surface area (TPSA) is 60.7 Å². The van der Waals surface area contributed by atoms with Crippen molar-refractivity contribution in [2.75, 3.05) is 13.2 Å². The summed E-state index contributed by atoms with van der Waals surface area (Å²) < 4.78 is 0. The Morgan fingerprint density at radius 2 is 1.50 bits per heavy atom. The van der Waals surface area contributed by atoms with Gasteiger partial charge in [0.1, 0.15) is 6.10 Å². The summed E-state index contributed by atoms with van der Waals surface area (Å²) in [5.74, 6) is 0. The summed E-state index contributed by atoms with van der Waals surface area (Å²) >= 11 is 0. The van der Waals surface area contributed by atoms with Crippen LogP contribution in [0.15, 0.2) is 0 Å². The molecule has 0 aromatic heterocycles. The van der Waals surface area contributed by atoms with E-state index in [-0.39, 0.29) is 13.2 Å². The lowest BCUT2D eigenvalue weighted by atomic mass is 11.0. The minimum atomic E-state index is -0.954. The van der Waals surface area contributed by atoms with E-state index in [2.05, 4.69) is 0 Å². The number of rotatable bonds is 2. The Kier molecular flexibility index (Phi) is 3.02. The van der Waals surface area contributed by atoms with E-state index in [9.17, 15) is 0 Å². The molecule has 0 aliphatic carbocycles. The molecule has 0 bridgehead atoms. The summed E-state index contributed by atoms with van der Waals surface area (Å²) in [6.07, 6.45) is -0.954. The molecule has 6 heavy (non-hydrogen) atoms. The van der Waals surface area contributed by atoms with Gasteiger partial charge < -0.3 is 15.3 Å². The summed E-state index contributed by atoms with van der Waals surface area (Å²) in [6, 6.07) is 0. The van der Waals surface area contributed by atoms with Gasteiger partial charge in [0.15, 0.2) is 0 Å². The first kappa shape index (κ1) is 5.88. The van der Waals surface area contributed by atoms with Crippen molar-refractivity contribution in [1.82, 2.24) is 0 Å². The quantitative estimate of drug-likeness (QED) is 0.358. The molecule has 3 nitrogen and oxygen atoms in total. The maximum Gasteiger partial charge on any atom is 0.100 e. The lowest BCUT2D eigenvalue weighted by molar-refractivity contribution is 0.0450. The SMILES string of the molecule is OC[13C@H](O)[13CH2]O. The predicted octanol–water partition coefficient (Wildman–Crippen LogP) is -1.67. The molecular weight excluding hydrogens is 86.0 g/mol. The summed E-state index contributed by atoms with van der Waals surface area (Å²) in [7, 11) is 0. The van der Waals surface area contributed by atoms with Gasteiger partial charge in [0.2, 0.25) is 0 Å². The van der Waals surface area contributed by atoms with Crippen LogP contribution >= 0.6 is 0 Å².